The van der Waals surface area contributed by atoms with E-state index < -0.39 is 28.9 Å². The van der Waals surface area contributed by atoms with Gasteiger partial charge in [0.15, 0.2) is 5.78 Å². The quantitative estimate of drug-likeness (QED) is 0.809. The van der Waals surface area contributed by atoms with Gasteiger partial charge in [-0.05, 0) is 18.2 Å². The van der Waals surface area contributed by atoms with Gasteiger partial charge in [-0.2, -0.15) is 5.26 Å². The van der Waals surface area contributed by atoms with Crippen LogP contribution in [0.1, 0.15) is 21.8 Å². The zero-order valence-corrected chi connectivity index (χ0v) is 11.1. The minimum absolute atomic E-state index is 0.273. The van der Waals surface area contributed by atoms with Gasteiger partial charge in [0.05, 0.1) is 18.7 Å². The number of benzene rings is 2. The number of hydrogen-bond acceptors (Lipinski definition) is 3. The van der Waals surface area contributed by atoms with Gasteiger partial charge >= 0.3 is 0 Å². The maximum absolute atomic E-state index is 13.7. The van der Waals surface area contributed by atoms with Crippen molar-refractivity contribution in [2.75, 3.05) is 7.11 Å². The molecule has 0 saturated carbocycles. The van der Waals surface area contributed by atoms with Crippen LogP contribution in [0.4, 0.5) is 8.78 Å². The Kier molecular flexibility index (Phi) is 4.29. The molecule has 0 aliphatic heterocycles. The molecule has 3 nitrogen and oxygen atoms in total. The number of ketones is 1. The highest BCUT2D eigenvalue weighted by Crippen LogP contribution is 2.30. The van der Waals surface area contributed by atoms with Gasteiger partial charge in [-0.15, -0.1) is 0 Å². The number of rotatable bonds is 4. The lowest BCUT2D eigenvalue weighted by Crippen LogP contribution is -2.15. The summed E-state index contributed by atoms with van der Waals surface area (Å²) in [6.45, 7) is 0. The summed E-state index contributed by atoms with van der Waals surface area (Å²) in [5, 5.41) is 9.24. The Hall–Kier alpha value is -2.74. The fourth-order valence-corrected chi connectivity index (χ4v) is 2.05. The molecule has 21 heavy (non-hydrogen) atoms. The van der Waals surface area contributed by atoms with Crippen molar-refractivity contribution in [1.29, 1.82) is 5.26 Å². The van der Waals surface area contributed by atoms with E-state index in [4.69, 9.17) is 4.74 Å². The Labute approximate surface area is 120 Å². The summed E-state index contributed by atoms with van der Waals surface area (Å²) in [4.78, 5) is 12.3. The van der Waals surface area contributed by atoms with E-state index in [9.17, 15) is 18.8 Å². The van der Waals surface area contributed by atoms with Gasteiger partial charge in [-0.25, -0.2) is 8.78 Å². The number of halogens is 2. The van der Waals surface area contributed by atoms with Crippen LogP contribution in [0.15, 0.2) is 42.5 Å². The molecular formula is C16H11F2NO2. The van der Waals surface area contributed by atoms with Crippen LogP contribution in [-0.4, -0.2) is 12.9 Å². The van der Waals surface area contributed by atoms with Gasteiger partial charge in [0.1, 0.15) is 23.3 Å². The summed E-state index contributed by atoms with van der Waals surface area (Å²) < 4.78 is 32.5. The van der Waals surface area contributed by atoms with E-state index in [0.717, 1.165) is 18.2 Å². The molecule has 0 aliphatic carbocycles. The molecule has 1 atom stereocenters. The van der Waals surface area contributed by atoms with Crippen LogP contribution in [0.25, 0.3) is 0 Å². The second-order valence-electron chi connectivity index (χ2n) is 4.26. The molecule has 0 aromatic heterocycles. The maximum Gasteiger partial charge on any atom is 0.190 e. The number of carbonyl (C=O) groups excluding carboxylic acids is 1. The van der Waals surface area contributed by atoms with Gasteiger partial charge in [0, 0.05) is 5.56 Å². The molecule has 0 bridgehead atoms. The fourth-order valence-electron chi connectivity index (χ4n) is 2.05. The van der Waals surface area contributed by atoms with Gasteiger partial charge in [-0.1, -0.05) is 24.3 Å². The van der Waals surface area contributed by atoms with Crippen LogP contribution in [-0.2, 0) is 0 Å². The third-order valence-electron chi connectivity index (χ3n) is 3.05. The molecule has 0 heterocycles. The van der Waals surface area contributed by atoms with Crippen molar-refractivity contribution in [2.45, 2.75) is 5.92 Å². The maximum atomic E-state index is 13.7. The number of Topliss-reactive ketones (excluding diaryl/α,β-unsaturated/α-hetero) is 1. The molecule has 2 rings (SSSR count). The van der Waals surface area contributed by atoms with Gasteiger partial charge in [-0.3, -0.25) is 4.79 Å². The lowest BCUT2D eigenvalue weighted by molar-refractivity contribution is 0.0969. The standard InChI is InChI=1S/C16H11F2NO2/c1-21-14-8-3-2-5-10(14)11(9-19)16(20)15-12(17)6-4-7-13(15)18/h2-8,11H,1H3. The lowest BCUT2D eigenvalue weighted by atomic mass is 9.90. The topological polar surface area (TPSA) is 50.1 Å². The van der Waals surface area contributed by atoms with Crippen LogP contribution in [0.5, 0.6) is 5.75 Å². The number of hydrogen-bond donors (Lipinski definition) is 0. The van der Waals surface area contributed by atoms with Crippen molar-refractivity contribution >= 4 is 5.78 Å². The second kappa shape index (κ2) is 6.14. The first kappa shape index (κ1) is 14.7. The molecule has 2 aromatic rings. The Bertz CT molecular complexity index is 702. The van der Waals surface area contributed by atoms with E-state index in [0.29, 0.717) is 5.75 Å². The second-order valence-corrected chi connectivity index (χ2v) is 4.26. The molecule has 0 radical (unpaired) electrons. The number of nitriles is 1. The average molecular weight is 287 g/mol. The van der Waals surface area contributed by atoms with Crippen LogP contribution in [0.2, 0.25) is 0 Å². The summed E-state index contributed by atoms with van der Waals surface area (Å²) in [5.74, 6) is -3.94. The number of para-hydroxylation sites is 1. The van der Waals surface area contributed by atoms with Crippen molar-refractivity contribution in [2.24, 2.45) is 0 Å². The number of carbonyl (C=O) groups is 1. The van der Waals surface area contributed by atoms with Crippen LogP contribution >= 0.6 is 0 Å². The molecular weight excluding hydrogens is 276 g/mol. The Morgan fingerprint density at radius 1 is 1.14 bits per heavy atom. The first-order valence-electron chi connectivity index (χ1n) is 6.11. The van der Waals surface area contributed by atoms with E-state index in [1.165, 1.54) is 13.2 Å². The summed E-state index contributed by atoms with van der Waals surface area (Å²) in [6.07, 6.45) is 0. The molecule has 0 amide bonds. The molecule has 0 saturated heterocycles. The van der Waals surface area contributed by atoms with E-state index in [1.54, 1.807) is 24.3 Å². The number of nitrogens with zero attached hydrogens (tertiary/aromatic N) is 1. The highest BCUT2D eigenvalue weighted by molar-refractivity contribution is 6.03. The predicted octanol–water partition coefficient (Wildman–Crippen LogP) is 3.46. The molecule has 0 fully saturated rings. The third kappa shape index (κ3) is 2.75. The zero-order chi connectivity index (χ0) is 15.4. The van der Waals surface area contributed by atoms with E-state index in [-0.39, 0.29) is 5.56 Å². The molecule has 0 N–H and O–H groups in total. The summed E-state index contributed by atoms with van der Waals surface area (Å²) in [6, 6.07) is 11.3. The third-order valence-corrected chi connectivity index (χ3v) is 3.05. The van der Waals surface area contributed by atoms with E-state index >= 15 is 0 Å². The van der Waals surface area contributed by atoms with Crippen molar-refractivity contribution in [3.05, 3.63) is 65.2 Å². The normalized spacial score (nSPS) is 11.5. The smallest absolute Gasteiger partial charge is 0.190 e. The van der Waals surface area contributed by atoms with E-state index in [1.807, 2.05) is 0 Å². The zero-order valence-electron chi connectivity index (χ0n) is 11.1. The average Bonchev–Trinajstić information content (AvgIpc) is 2.48. The van der Waals surface area contributed by atoms with Crippen molar-refractivity contribution in [3.63, 3.8) is 0 Å². The van der Waals surface area contributed by atoms with Gasteiger partial charge < -0.3 is 4.74 Å². The van der Waals surface area contributed by atoms with Crippen LogP contribution in [0.3, 0.4) is 0 Å². The van der Waals surface area contributed by atoms with Gasteiger partial charge in [0.25, 0.3) is 0 Å². The number of methoxy groups -OCH3 is 1. The first-order chi connectivity index (χ1) is 10.1. The Balaban J connectivity index is 2.52. The Morgan fingerprint density at radius 3 is 2.33 bits per heavy atom. The lowest BCUT2D eigenvalue weighted by Gasteiger charge is -2.13. The molecule has 0 aliphatic rings. The van der Waals surface area contributed by atoms with Crippen molar-refractivity contribution < 1.29 is 18.3 Å². The summed E-state index contributed by atoms with van der Waals surface area (Å²) in [5.41, 5.74) is -0.440. The molecule has 1 unspecified atom stereocenters. The molecule has 5 heteroatoms. The summed E-state index contributed by atoms with van der Waals surface area (Å²) >= 11 is 0. The Morgan fingerprint density at radius 2 is 1.76 bits per heavy atom. The minimum atomic E-state index is -1.34. The highest BCUT2D eigenvalue weighted by atomic mass is 19.1. The van der Waals surface area contributed by atoms with Crippen molar-refractivity contribution in [3.8, 4) is 11.8 Å². The molecule has 106 valence electrons. The van der Waals surface area contributed by atoms with E-state index in [2.05, 4.69) is 0 Å². The fraction of sp³-hybridized carbons (Fsp3) is 0.125. The highest BCUT2D eigenvalue weighted by Gasteiger charge is 2.29. The molecule has 2 aromatic carbocycles. The monoisotopic (exact) mass is 287 g/mol. The number of ether oxygens (including phenoxy) is 1. The molecule has 0 spiro atoms. The predicted molar refractivity (Wildman–Crippen MR) is 72.0 cm³/mol. The first-order valence-corrected chi connectivity index (χ1v) is 6.11. The SMILES string of the molecule is COc1ccccc1C(C#N)C(=O)c1c(F)cccc1F. The van der Waals surface area contributed by atoms with Crippen LogP contribution < -0.4 is 4.74 Å². The summed E-state index contributed by atoms with van der Waals surface area (Å²) in [7, 11) is 1.39. The van der Waals surface area contributed by atoms with Gasteiger partial charge in [0.2, 0.25) is 0 Å². The largest absolute Gasteiger partial charge is 0.496 e. The minimum Gasteiger partial charge on any atom is -0.496 e. The van der Waals surface area contributed by atoms with Crippen LogP contribution in [0, 0.1) is 23.0 Å². The van der Waals surface area contributed by atoms with Crippen molar-refractivity contribution in [1.82, 2.24) is 0 Å².